The van der Waals surface area contributed by atoms with Crippen LogP contribution >= 0.6 is 17.0 Å². The molecule has 0 unspecified atom stereocenters. The summed E-state index contributed by atoms with van der Waals surface area (Å²) in [4.78, 5) is 7.64. The Balaban J connectivity index is 0.00000225. The lowest BCUT2D eigenvalue weighted by Gasteiger charge is -2.12. The number of guanidine groups is 1. The smallest absolute Gasteiger partial charge is 0.190 e. The van der Waals surface area contributed by atoms with Crippen molar-refractivity contribution in [2.75, 3.05) is 20.1 Å². The maximum absolute atomic E-state index is 4.31. The minimum atomic E-state index is 0. The zero-order valence-electron chi connectivity index (χ0n) is 15.8. The second-order valence-electron chi connectivity index (χ2n) is 6.58. The highest BCUT2D eigenvalue weighted by Gasteiger charge is 2.04. The Morgan fingerprint density at radius 1 is 1.04 bits per heavy atom. The molecule has 28 heavy (non-hydrogen) atoms. The van der Waals surface area contributed by atoms with E-state index in [2.05, 4.69) is 79.5 Å². The van der Waals surface area contributed by atoms with Gasteiger partial charge in [0.1, 0.15) is 0 Å². The van der Waals surface area contributed by atoms with Crippen LogP contribution in [0.2, 0.25) is 0 Å². The summed E-state index contributed by atoms with van der Waals surface area (Å²) in [6.07, 6.45) is 5.81. The van der Waals surface area contributed by atoms with E-state index in [-0.39, 0.29) is 17.0 Å². The Morgan fingerprint density at radius 2 is 1.86 bits per heavy atom. The first-order valence-electron chi connectivity index (χ1n) is 9.25. The number of hydrogen-bond acceptors (Lipinski definition) is 2. The summed E-state index contributed by atoms with van der Waals surface area (Å²) in [5.41, 5.74) is 4.85. The fourth-order valence-corrected chi connectivity index (χ4v) is 3.34. The Kier molecular flexibility index (Phi) is 6.71. The molecule has 0 spiro atoms. The van der Waals surface area contributed by atoms with Crippen molar-refractivity contribution in [3.8, 4) is 0 Å². The Morgan fingerprint density at radius 3 is 2.71 bits per heavy atom. The van der Waals surface area contributed by atoms with Crippen LogP contribution in [0.4, 0.5) is 0 Å². The van der Waals surface area contributed by atoms with Gasteiger partial charge in [0.2, 0.25) is 0 Å². The topological polar surface area (TPSA) is 80.9 Å². The van der Waals surface area contributed by atoms with Crippen molar-refractivity contribution in [3.63, 3.8) is 0 Å². The summed E-state index contributed by atoms with van der Waals surface area (Å²) in [6, 6.07) is 14.8. The van der Waals surface area contributed by atoms with Gasteiger partial charge in [-0.05, 0) is 36.1 Å². The average Bonchev–Trinajstić information content (AvgIpc) is 3.33. The van der Waals surface area contributed by atoms with Crippen LogP contribution in [0.1, 0.15) is 11.1 Å². The van der Waals surface area contributed by atoms with Crippen molar-refractivity contribution < 1.29 is 0 Å². The summed E-state index contributed by atoms with van der Waals surface area (Å²) in [5.74, 6) is 0.831. The van der Waals surface area contributed by atoms with E-state index in [0.29, 0.717) is 0 Å². The summed E-state index contributed by atoms with van der Waals surface area (Å²) in [5, 5.41) is 16.3. The van der Waals surface area contributed by atoms with E-state index in [0.717, 1.165) is 42.8 Å². The van der Waals surface area contributed by atoms with E-state index in [1.807, 2.05) is 6.20 Å². The molecule has 0 saturated heterocycles. The molecule has 0 aliphatic heterocycles. The lowest BCUT2D eigenvalue weighted by atomic mass is 10.1. The van der Waals surface area contributed by atoms with Gasteiger partial charge in [-0.3, -0.25) is 10.1 Å². The van der Waals surface area contributed by atoms with Gasteiger partial charge in [0.25, 0.3) is 0 Å². The molecule has 4 rings (SSSR count). The molecule has 4 N–H and O–H groups in total. The second kappa shape index (κ2) is 9.41. The van der Waals surface area contributed by atoms with E-state index < -0.39 is 0 Å². The number of hydrogen-bond donors (Lipinski definition) is 4. The fourth-order valence-electron chi connectivity index (χ4n) is 3.34. The van der Waals surface area contributed by atoms with Gasteiger partial charge >= 0.3 is 0 Å². The highest BCUT2D eigenvalue weighted by atomic mass is 79.9. The van der Waals surface area contributed by atoms with Crippen LogP contribution < -0.4 is 10.6 Å². The quantitative estimate of drug-likeness (QED) is 0.273. The fraction of sp³-hybridized carbons (Fsp3) is 0.238. The standard InChI is InChI=1S/C21H24N6.BrH/c1-22-21(23-10-8-15-6-7-17-14-26-27-20(17)12-15)24-11-9-16-13-25-19-5-3-2-4-18(16)19;/h2-7,12-14,25H,8-11H2,1H3,(H,26,27)(H2,22,23,24);1H. The van der Waals surface area contributed by atoms with Crippen molar-refractivity contribution in [1.82, 2.24) is 25.8 Å². The molecule has 0 amide bonds. The van der Waals surface area contributed by atoms with E-state index in [4.69, 9.17) is 0 Å². The highest BCUT2D eigenvalue weighted by Crippen LogP contribution is 2.17. The van der Waals surface area contributed by atoms with Crippen LogP contribution in [0.25, 0.3) is 21.8 Å². The van der Waals surface area contributed by atoms with Crippen molar-refractivity contribution >= 4 is 44.7 Å². The third-order valence-corrected chi connectivity index (χ3v) is 4.80. The minimum absolute atomic E-state index is 0. The normalized spacial score (nSPS) is 11.5. The molecule has 2 aromatic heterocycles. The van der Waals surface area contributed by atoms with Gasteiger partial charge < -0.3 is 15.6 Å². The number of nitrogens with one attached hydrogen (secondary N) is 4. The maximum Gasteiger partial charge on any atom is 0.190 e. The van der Waals surface area contributed by atoms with Crippen LogP contribution in [-0.4, -0.2) is 41.3 Å². The van der Waals surface area contributed by atoms with Gasteiger partial charge in [-0.1, -0.05) is 30.3 Å². The number of benzene rings is 2. The van der Waals surface area contributed by atoms with Crippen molar-refractivity contribution in [2.45, 2.75) is 12.8 Å². The number of para-hydroxylation sites is 1. The third-order valence-electron chi connectivity index (χ3n) is 4.80. The molecule has 0 aliphatic rings. The molecule has 2 heterocycles. The minimum Gasteiger partial charge on any atom is -0.361 e. The Labute approximate surface area is 174 Å². The van der Waals surface area contributed by atoms with Gasteiger partial charge in [0.05, 0.1) is 11.7 Å². The van der Waals surface area contributed by atoms with Crippen molar-refractivity contribution in [3.05, 3.63) is 66.0 Å². The van der Waals surface area contributed by atoms with E-state index in [1.54, 1.807) is 7.05 Å². The number of fused-ring (bicyclic) bond motifs is 2. The highest BCUT2D eigenvalue weighted by molar-refractivity contribution is 8.93. The summed E-state index contributed by atoms with van der Waals surface area (Å²) >= 11 is 0. The van der Waals surface area contributed by atoms with Crippen LogP contribution in [0.3, 0.4) is 0 Å². The lowest BCUT2D eigenvalue weighted by molar-refractivity contribution is 0.786. The van der Waals surface area contributed by atoms with Gasteiger partial charge in [-0.2, -0.15) is 5.10 Å². The maximum atomic E-state index is 4.31. The first kappa shape index (κ1) is 19.9. The van der Waals surface area contributed by atoms with Gasteiger partial charge in [0.15, 0.2) is 5.96 Å². The second-order valence-corrected chi connectivity index (χ2v) is 6.58. The molecule has 7 heteroatoms. The third kappa shape index (κ3) is 4.54. The molecule has 146 valence electrons. The van der Waals surface area contributed by atoms with E-state index in [1.165, 1.54) is 22.0 Å². The SMILES string of the molecule is Br.CN=C(NCCc1ccc2cn[nH]c2c1)NCCc1c[nH]c2ccccc12. The summed E-state index contributed by atoms with van der Waals surface area (Å²) < 4.78 is 0. The van der Waals surface area contributed by atoms with Crippen LogP contribution in [0.5, 0.6) is 0 Å². The predicted molar refractivity (Wildman–Crippen MR) is 121 cm³/mol. The number of rotatable bonds is 6. The molecule has 0 atom stereocenters. The number of nitrogens with zero attached hydrogens (tertiary/aromatic N) is 2. The van der Waals surface area contributed by atoms with Crippen LogP contribution in [0, 0.1) is 0 Å². The average molecular weight is 441 g/mol. The Bertz CT molecular complexity index is 1060. The number of aliphatic imine (C=N–C) groups is 1. The first-order chi connectivity index (χ1) is 13.3. The van der Waals surface area contributed by atoms with Gasteiger partial charge in [-0.25, -0.2) is 0 Å². The van der Waals surface area contributed by atoms with E-state index >= 15 is 0 Å². The van der Waals surface area contributed by atoms with Gasteiger partial charge in [-0.15, -0.1) is 17.0 Å². The zero-order chi connectivity index (χ0) is 18.5. The monoisotopic (exact) mass is 440 g/mol. The van der Waals surface area contributed by atoms with Crippen molar-refractivity contribution in [2.24, 2.45) is 4.99 Å². The first-order valence-corrected chi connectivity index (χ1v) is 9.25. The number of aromatic amines is 2. The summed E-state index contributed by atoms with van der Waals surface area (Å²) in [6.45, 7) is 1.66. The molecule has 6 nitrogen and oxygen atoms in total. The molecular weight excluding hydrogens is 416 g/mol. The predicted octanol–water partition coefficient (Wildman–Crippen LogP) is 3.57. The molecule has 0 bridgehead atoms. The van der Waals surface area contributed by atoms with Crippen LogP contribution in [-0.2, 0) is 12.8 Å². The molecule has 0 saturated carbocycles. The zero-order valence-corrected chi connectivity index (χ0v) is 17.5. The lowest BCUT2D eigenvalue weighted by Crippen LogP contribution is -2.39. The largest absolute Gasteiger partial charge is 0.361 e. The molecule has 0 radical (unpaired) electrons. The van der Waals surface area contributed by atoms with Gasteiger partial charge in [0, 0.05) is 42.6 Å². The molecule has 0 aliphatic carbocycles. The number of halogens is 1. The molecule has 0 fully saturated rings. The molecule has 4 aromatic rings. The summed E-state index contributed by atoms with van der Waals surface area (Å²) in [7, 11) is 1.80. The van der Waals surface area contributed by atoms with Crippen molar-refractivity contribution in [1.29, 1.82) is 0 Å². The number of aromatic nitrogens is 3. The molecular formula is C21H25BrN6. The van der Waals surface area contributed by atoms with E-state index in [9.17, 15) is 0 Å². The Hall–Kier alpha value is -2.80. The van der Waals surface area contributed by atoms with Crippen LogP contribution in [0.15, 0.2) is 59.9 Å². The molecule has 2 aromatic carbocycles. The number of H-pyrrole nitrogens is 2.